The Bertz CT molecular complexity index is 1080. The second-order valence-corrected chi connectivity index (χ2v) is 8.72. The van der Waals surface area contributed by atoms with Gasteiger partial charge < -0.3 is 24.2 Å². The molecule has 7 heteroatoms. The Morgan fingerprint density at radius 3 is 2.52 bits per heavy atom. The standard InChI is InChI=1S/C24H22N2O4S/c27-23(26-14-24(28,15-26)13-17-4-2-1-3-5-17)18-6-8-19(9-7-18)25-31-20-10-11-21-22(12-20)30-16-29-21/h1-12,25,28H,13-16H2. The Balaban J connectivity index is 1.14. The van der Waals surface area contributed by atoms with E-state index in [1.165, 1.54) is 11.9 Å². The lowest BCUT2D eigenvalue weighted by atomic mass is 9.86. The molecule has 3 aromatic carbocycles. The zero-order valence-corrected chi connectivity index (χ0v) is 17.6. The number of aliphatic hydroxyl groups is 1. The van der Waals surface area contributed by atoms with Gasteiger partial charge in [-0.05, 0) is 60.0 Å². The van der Waals surface area contributed by atoms with Crippen LogP contribution in [0, 0.1) is 0 Å². The fourth-order valence-corrected chi connectivity index (χ4v) is 4.49. The van der Waals surface area contributed by atoms with E-state index < -0.39 is 5.60 Å². The van der Waals surface area contributed by atoms with E-state index in [1.807, 2.05) is 60.7 Å². The van der Waals surface area contributed by atoms with Gasteiger partial charge in [-0.2, -0.15) is 0 Å². The Hall–Kier alpha value is -3.16. The van der Waals surface area contributed by atoms with E-state index in [4.69, 9.17) is 9.47 Å². The Kier molecular flexibility index (Phi) is 5.21. The molecule has 0 saturated carbocycles. The molecule has 158 valence electrons. The summed E-state index contributed by atoms with van der Waals surface area (Å²) in [5, 5.41) is 10.7. The normalized spacial score (nSPS) is 16.0. The number of carbonyl (C=O) groups excluding carboxylic acids is 1. The van der Waals surface area contributed by atoms with Gasteiger partial charge in [0, 0.05) is 22.6 Å². The van der Waals surface area contributed by atoms with Crippen LogP contribution in [0.15, 0.2) is 77.7 Å². The maximum absolute atomic E-state index is 12.7. The van der Waals surface area contributed by atoms with Gasteiger partial charge in [-0.25, -0.2) is 0 Å². The predicted molar refractivity (Wildman–Crippen MR) is 119 cm³/mol. The van der Waals surface area contributed by atoms with Crippen molar-refractivity contribution in [1.29, 1.82) is 0 Å². The highest BCUT2D eigenvalue weighted by molar-refractivity contribution is 8.00. The molecule has 1 amide bonds. The van der Waals surface area contributed by atoms with Crippen LogP contribution in [0.3, 0.4) is 0 Å². The van der Waals surface area contributed by atoms with Crippen LogP contribution >= 0.6 is 11.9 Å². The van der Waals surface area contributed by atoms with Crippen molar-refractivity contribution in [1.82, 2.24) is 4.90 Å². The predicted octanol–water partition coefficient (Wildman–Crippen LogP) is 3.96. The summed E-state index contributed by atoms with van der Waals surface area (Å²) in [6.07, 6.45) is 0.553. The number of hydrogen-bond donors (Lipinski definition) is 2. The van der Waals surface area contributed by atoms with Crippen molar-refractivity contribution >= 4 is 23.5 Å². The average molecular weight is 435 g/mol. The third-order valence-electron chi connectivity index (χ3n) is 5.40. The minimum absolute atomic E-state index is 0.0623. The largest absolute Gasteiger partial charge is 0.454 e. The van der Waals surface area contributed by atoms with Crippen molar-refractivity contribution < 1.29 is 19.4 Å². The number of anilines is 1. The number of ether oxygens (including phenoxy) is 2. The first-order valence-corrected chi connectivity index (χ1v) is 10.9. The Morgan fingerprint density at radius 2 is 1.74 bits per heavy atom. The first-order chi connectivity index (χ1) is 15.1. The summed E-state index contributed by atoms with van der Waals surface area (Å²) >= 11 is 1.46. The molecule has 1 saturated heterocycles. The summed E-state index contributed by atoms with van der Waals surface area (Å²) in [4.78, 5) is 15.4. The molecule has 0 aromatic heterocycles. The van der Waals surface area contributed by atoms with Crippen LogP contribution in [0.1, 0.15) is 15.9 Å². The van der Waals surface area contributed by atoms with E-state index in [9.17, 15) is 9.90 Å². The van der Waals surface area contributed by atoms with E-state index in [-0.39, 0.29) is 12.7 Å². The molecule has 2 N–H and O–H groups in total. The Morgan fingerprint density at radius 1 is 1.00 bits per heavy atom. The summed E-state index contributed by atoms with van der Waals surface area (Å²) in [5.41, 5.74) is 1.73. The summed E-state index contributed by atoms with van der Waals surface area (Å²) in [6.45, 7) is 0.953. The molecule has 0 radical (unpaired) electrons. The zero-order chi connectivity index (χ0) is 21.3. The van der Waals surface area contributed by atoms with Gasteiger partial charge in [0.05, 0.1) is 13.1 Å². The van der Waals surface area contributed by atoms with Gasteiger partial charge in [-0.3, -0.25) is 4.79 Å². The van der Waals surface area contributed by atoms with E-state index in [0.29, 0.717) is 25.1 Å². The minimum atomic E-state index is -0.847. The van der Waals surface area contributed by atoms with E-state index >= 15 is 0 Å². The van der Waals surface area contributed by atoms with Crippen LogP contribution in [0.2, 0.25) is 0 Å². The summed E-state index contributed by atoms with van der Waals surface area (Å²) < 4.78 is 14.0. The third kappa shape index (κ3) is 4.33. The lowest BCUT2D eigenvalue weighted by molar-refractivity contribution is -0.0799. The highest BCUT2D eigenvalue weighted by Gasteiger charge is 2.43. The van der Waals surface area contributed by atoms with Crippen molar-refractivity contribution in [3.8, 4) is 11.5 Å². The molecule has 0 atom stereocenters. The quantitative estimate of drug-likeness (QED) is 0.572. The number of rotatable bonds is 6. The maximum Gasteiger partial charge on any atom is 0.254 e. The number of nitrogens with zero attached hydrogens (tertiary/aromatic N) is 1. The zero-order valence-electron chi connectivity index (χ0n) is 16.8. The van der Waals surface area contributed by atoms with Gasteiger partial charge in [0.1, 0.15) is 5.60 Å². The second-order valence-electron chi connectivity index (χ2n) is 7.84. The lowest BCUT2D eigenvalue weighted by Crippen LogP contribution is -2.64. The molecule has 2 heterocycles. The topological polar surface area (TPSA) is 71.0 Å². The number of fused-ring (bicyclic) bond motifs is 1. The highest BCUT2D eigenvalue weighted by atomic mass is 32.2. The lowest BCUT2D eigenvalue weighted by Gasteiger charge is -2.46. The molecule has 0 aliphatic carbocycles. The Labute approximate surface area is 184 Å². The monoisotopic (exact) mass is 434 g/mol. The molecule has 2 aliphatic heterocycles. The van der Waals surface area contributed by atoms with Crippen molar-refractivity contribution in [3.63, 3.8) is 0 Å². The first-order valence-electron chi connectivity index (χ1n) is 10.1. The van der Waals surface area contributed by atoms with Crippen LogP contribution in [-0.2, 0) is 6.42 Å². The average Bonchev–Trinajstić information content (AvgIpc) is 3.24. The van der Waals surface area contributed by atoms with Crippen LogP contribution in [-0.4, -0.2) is 41.4 Å². The van der Waals surface area contributed by atoms with Gasteiger partial charge in [-0.1, -0.05) is 30.3 Å². The van der Waals surface area contributed by atoms with Gasteiger partial charge >= 0.3 is 0 Å². The molecule has 5 rings (SSSR count). The van der Waals surface area contributed by atoms with E-state index in [2.05, 4.69) is 4.72 Å². The number of β-amino-alcohol motifs (C(OH)–C–C–N with tert-alkyl or cyclic N) is 1. The molecule has 0 bridgehead atoms. The van der Waals surface area contributed by atoms with Crippen molar-refractivity contribution in [2.45, 2.75) is 16.9 Å². The molecule has 31 heavy (non-hydrogen) atoms. The number of hydrogen-bond acceptors (Lipinski definition) is 6. The fraction of sp³-hybridized carbons (Fsp3) is 0.208. The maximum atomic E-state index is 12.7. The molecule has 6 nitrogen and oxygen atoms in total. The van der Waals surface area contributed by atoms with E-state index in [0.717, 1.165) is 27.6 Å². The molecule has 1 fully saturated rings. The molecular formula is C24H22N2O4S. The number of amides is 1. The molecule has 0 spiro atoms. The van der Waals surface area contributed by atoms with Gasteiger partial charge in [0.2, 0.25) is 6.79 Å². The SMILES string of the molecule is O=C(c1ccc(NSc2ccc3c(c2)OCO3)cc1)N1CC(O)(Cc2ccccc2)C1. The van der Waals surface area contributed by atoms with E-state index in [1.54, 1.807) is 17.0 Å². The van der Waals surface area contributed by atoms with Crippen molar-refractivity contribution in [3.05, 3.63) is 83.9 Å². The number of nitrogens with one attached hydrogen (secondary N) is 1. The molecule has 2 aliphatic rings. The number of carbonyl (C=O) groups is 1. The van der Waals surface area contributed by atoms with Gasteiger partial charge in [-0.15, -0.1) is 0 Å². The number of benzene rings is 3. The molecule has 0 unspecified atom stereocenters. The smallest absolute Gasteiger partial charge is 0.254 e. The second kappa shape index (κ2) is 8.17. The van der Waals surface area contributed by atoms with Gasteiger partial charge in [0.15, 0.2) is 11.5 Å². The third-order valence-corrected chi connectivity index (χ3v) is 6.22. The van der Waals surface area contributed by atoms with Gasteiger partial charge in [0.25, 0.3) is 5.91 Å². The van der Waals surface area contributed by atoms with Crippen molar-refractivity contribution in [2.24, 2.45) is 0 Å². The van der Waals surface area contributed by atoms with Crippen LogP contribution in [0.5, 0.6) is 11.5 Å². The fourth-order valence-electron chi connectivity index (χ4n) is 3.82. The highest BCUT2D eigenvalue weighted by Crippen LogP contribution is 2.36. The summed E-state index contributed by atoms with van der Waals surface area (Å²) in [7, 11) is 0. The van der Waals surface area contributed by atoms with Crippen molar-refractivity contribution in [2.75, 3.05) is 24.6 Å². The summed E-state index contributed by atoms with van der Waals surface area (Å²) in [6, 6.07) is 23.0. The number of likely N-dealkylation sites (tertiary alicyclic amines) is 1. The summed E-state index contributed by atoms with van der Waals surface area (Å²) in [5.74, 6) is 1.44. The molecule has 3 aromatic rings. The molecular weight excluding hydrogens is 412 g/mol. The van der Waals surface area contributed by atoms with Crippen LogP contribution in [0.25, 0.3) is 0 Å². The first kappa shape index (κ1) is 19.8. The van der Waals surface area contributed by atoms with Crippen LogP contribution < -0.4 is 14.2 Å². The minimum Gasteiger partial charge on any atom is -0.454 e. The van der Waals surface area contributed by atoms with Crippen LogP contribution in [0.4, 0.5) is 5.69 Å².